The van der Waals surface area contributed by atoms with Gasteiger partial charge in [-0.15, -0.1) is 0 Å². The van der Waals surface area contributed by atoms with E-state index in [1.807, 2.05) is 31.2 Å². The Morgan fingerprint density at radius 3 is 2.18 bits per heavy atom. The molecule has 0 radical (unpaired) electrons. The lowest BCUT2D eigenvalue weighted by Gasteiger charge is -2.18. The molecule has 2 heterocycles. The molecule has 0 spiro atoms. The predicted octanol–water partition coefficient (Wildman–Crippen LogP) is 3.92. The van der Waals surface area contributed by atoms with Crippen LogP contribution in [0.2, 0.25) is 0 Å². The van der Waals surface area contributed by atoms with Crippen LogP contribution in [0.5, 0.6) is 17.2 Å². The highest BCUT2D eigenvalue weighted by Gasteiger charge is 2.36. The summed E-state index contributed by atoms with van der Waals surface area (Å²) >= 11 is 0. The zero-order valence-electron chi connectivity index (χ0n) is 20.0. The van der Waals surface area contributed by atoms with Gasteiger partial charge in [0.15, 0.2) is 5.78 Å². The van der Waals surface area contributed by atoms with Crippen molar-refractivity contribution in [1.82, 2.24) is 10.6 Å². The van der Waals surface area contributed by atoms with Gasteiger partial charge in [-0.1, -0.05) is 12.1 Å². The maximum Gasteiger partial charge on any atom is 0.196 e. The Labute approximate surface area is 201 Å². The number of rotatable bonds is 10. The monoisotopic (exact) mass is 465 g/mol. The molecule has 0 amide bonds. The molecular formula is C27H35N3O4. The van der Waals surface area contributed by atoms with Crippen LogP contribution in [0, 0.1) is 0 Å². The van der Waals surface area contributed by atoms with E-state index >= 15 is 0 Å². The van der Waals surface area contributed by atoms with Crippen molar-refractivity contribution < 1.29 is 19.0 Å². The normalized spacial score (nSPS) is 20.9. The lowest BCUT2D eigenvalue weighted by Crippen LogP contribution is -2.23. The summed E-state index contributed by atoms with van der Waals surface area (Å²) in [5, 5.41) is 6.99. The third kappa shape index (κ3) is 4.46. The van der Waals surface area contributed by atoms with E-state index in [0.29, 0.717) is 66.0 Å². The van der Waals surface area contributed by atoms with Gasteiger partial charge in [0.1, 0.15) is 17.2 Å². The Hall–Kier alpha value is -2.77. The largest absolute Gasteiger partial charge is 0.493 e. The summed E-state index contributed by atoms with van der Waals surface area (Å²) in [7, 11) is 0. The van der Waals surface area contributed by atoms with Crippen LogP contribution in [-0.2, 0) is 0 Å². The SMILES string of the molecule is CCOc1cc(OCCC2CCCN2)c(N)c2c1-c1c(OCCC3CCCN3)cccc1C2=O. The number of benzene rings is 2. The highest BCUT2D eigenvalue weighted by Crippen LogP contribution is 2.52. The molecule has 2 fully saturated rings. The zero-order valence-corrected chi connectivity index (χ0v) is 20.0. The fourth-order valence-electron chi connectivity index (χ4n) is 5.38. The molecule has 2 aromatic carbocycles. The van der Waals surface area contributed by atoms with E-state index in [1.54, 1.807) is 0 Å². The van der Waals surface area contributed by atoms with Gasteiger partial charge in [0.05, 0.1) is 31.1 Å². The predicted molar refractivity (Wildman–Crippen MR) is 133 cm³/mol. The van der Waals surface area contributed by atoms with Crippen molar-refractivity contribution in [3.05, 3.63) is 35.4 Å². The maximum absolute atomic E-state index is 13.5. The summed E-state index contributed by atoms with van der Waals surface area (Å²) in [6.45, 7) is 5.68. The fraction of sp³-hybridized carbons (Fsp3) is 0.519. The molecule has 5 rings (SSSR count). The third-order valence-corrected chi connectivity index (χ3v) is 7.11. The van der Waals surface area contributed by atoms with Gasteiger partial charge in [-0.3, -0.25) is 4.79 Å². The van der Waals surface area contributed by atoms with Gasteiger partial charge in [-0.2, -0.15) is 0 Å². The van der Waals surface area contributed by atoms with Crippen LogP contribution in [0.15, 0.2) is 24.3 Å². The van der Waals surface area contributed by atoms with Gasteiger partial charge in [-0.05, 0) is 64.6 Å². The lowest BCUT2D eigenvalue weighted by molar-refractivity contribution is 0.104. The van der Waals surface area contributed by atoms with Crippen molar-refractivity contribution in [1.29, 1.82) is 0 Å². The average Bonchev–Trinajstić information content (AvgIpc) is 3.59. The van der Waals surface area contributed by atoms with Gasteiger partial charge in [0.25, 0.3) is 0 Å². The summed E-state index contributed by atoms with van der Waals surface area (Å²) in [5.41, 5.74) is 9.47. The summed E-state index contributed by atoms with van der Waals surface area (Å²) in [6.07, 6.45) is 6.61. The van der Waals surface area contributed by atoms with Gasteiger partial charge < -0.3 is 30.6 Å². The van der Waals surface area contributed by atoms with Crippen molar-refractivity contribution in [3.63, 3.8) is 0 Å². The van der Waals surface area contributed by atoms with E-state index in [-0.39, 0.29) is 5.78 Å². The first-order valence-electron chi connectivity index (χ1n) is 12.7. The molecule has 2 atom stereocenters. The summed E-state index contributed by atoms with van der Waals surface area (Å²) < 4.78 is 18.3. The van der Waals surface area contributed by atoms with Gasteiger partial charge >= 0.3 is 0 Å². The Kier molecular flexibility index (Phi) is 6.92. The second kappa shape index (κ2) is 10.2. The van der Waals surface area contributed by atoms with Crippen molar-refractivity contribution in [2.24, 2.45) is 0 Å². The molecule has 3 aliphatic rings. The molecule has 1 aliphatic carbocycles. The van der Waals surface area contributed by atoms with E-state index in [9.17, 15) is 4.79 Å². The molecule has 7 nitrogen and oxygen atoms in total. The van der Waals surface area contributed by atoms with E-state index < -0.39 is 0 Å². The molecule has 0 bridgehead atoms. The van der Waals surface area contributed by atoms with Crippen LogP contribution in [-0.4, -0.2) is 50.8 Å². The average molecular weight is 466 g/mol. The summed E-state index contributed by atoms with van der Waals surface area (Å²) in [4.78, 5) is 13.5. The number of nitrogen functional groups attached to an aromatic ring is 1. The van der Waals surface area contributed by atoms with Crippen molar-refractivity contribution in [3.8, 4) is 28.4 Å². The maximum atomic E-state index is 13.5. The molecule has 182 valence electrons. The molecule has 34 heavy (non-hydrogen) atoms. The molecule has 0 saturated carbocycles. The lowest BCUT2D eigenvalue weighted by atomic mass is 10.0. The Morgan fingerprint density at radius 2 is 1.56 bits per heavy atom. The first-order chi connectivity index (χ1) is 16.7. The van der Waals surface area contributed by atoms with Crippen LogP contribution in [0.4, 0.5) is 5.69 Å². The molecule has 2 aliphatic heterocycles. The van der Waals surface area contributed by atoms with E-state index in [2.05, 4.69) is 10.6 Å². The van der Waals surface area contributed by atoms with E-state index in [1.165, 1.54) is 25.7 Å². The number of carbonyl (C=O) groups excluding carboxylic acids is 1. The highest BCUT2D eigenvalue weighted by atomic mass is 16.5. The number of ketones is 1. The minimum atomic E-state index is -0.103. The number of hydrogen-bond acceptors (Lipinski definition) is 7. The Bertz CT molecular complexity index is 1040. The molecule has 4 N–H and O–H groups in total. The smallest absolute Gasteiger partial charge is 0.196 e. The summed E-state index contributed by atoms with van der Waals surface area (Å²) in [5.74, 6) is 1.72. The topological polar surface area (TPSA) is 94.8 Å². The van der Waals surface area contributed by atoms with Gasteiger partial charge in [-0.25, -0.2) is 0 Å². The van der Waals surface area contributed by atoms with Gasteiger partial charge in [0, 0.05) is 34.8 Å². The van der Waals surface area contributed by atoms with Crippen molar-refractivity contribution >= 4 is 11.5 Å². The second-order valence-electron chi connectivity index (χ2n) is 9.34. The number of hydrogen-bond donors (Lipinski definition) is 3. The van der Waals surface area contributed by atoms with E-state index in [0.717, 1.165) is 37.1 Å². The van der Waals surface area contributed by atoms with Crippen molar-refractivity contribution in [2.75, 3.05) is 38.6 Å². The number of nitrogens with two attached hydrogens (primary N) is 1. The number of nitrogens with one attached hydrogen (secondary N) is 2. The fourth-order valence-corrected chi connectivity index (χ4v) is 5.38. The van der Waals surface area contributed by atoms with Crippen LogP contribution < -0.4 is 30.6 Å². The minimum absolute atomic E-state index is 0.103. The Morgan fingerprint density at radius 1 is 0.882 bits per heavy atom. The van der Waals surface area contributed by atoms with Crippen LogP contribution >= 0.6 is 0 Å². The molecule has 2 saturated heterocycles. The minimum Gasteiger partial charge on any atom is -0.493 e. The first kappa shape index (κ1) is 23.0. The third-order valence-electron chi connectivity index (χ3n) is 7.11. The Balaban J connectivity index is 1.42. The quantitative estimate of drug-likeness (QED) is 0.391. The molecule has 7 heteroatoms. The number of anilines is 1. The first-order valence-corrected chi connectivity index (χ1v) is 12.7. The van der Waals surface area contributed by atoms with E-state index in [4.69, 9.17) is 19.9 Å². The molecule has 2 aromatic rings. The van der Waals surface area contributed by atoms with Gasteiger partial charge in [0.2, 0.25) is 0 Å². The molecule has 0 aromatic heterocycles. The molecular weight excluding hydrogens is 430 g/mol. The van der Waals surface area contributed by atoms with Crippen LogP contribution in [0.25, 0.3) is 11.1 Å². The molecule has 2 unspecified atom stereocenters. The number of fused-ring (bicyclic) bond motifs is 3. The standard InChI is InChI=1S/C27H35N3O4/c1-2-32-21-16-22(34-15-11-18-7-5-13-30-18)26(28)25-24(21)23-19(27(25)31)8-3-9-20(23)33-14-10-17-6-4-12-29-17/h3,8-9,16-18,29-30H,2,4-7,10-15,28H2,1H3. The van der Waals surface area contributed by atoms with Crippen molar-refractivity contribution in [2.45, 2.75) is 57.5 Å². The number of ether oxygens (including phenoxy) is 3. The number of carbonyl (C=O) groups is 1. The highest BCUT2D eigenvalue weighted by molar-refractivity contribution is 6.26. The van der Waals surface area contributed by atoms with Crippen LogP contribution in [0.3, 0.4) is 0 Å². The second-order valence-corrected chi connectivity index (χ2v) is 9.34. The summed E-state index contributed by atoms with van der Waals surface area (Å²) in [6, 6.07) is 8.44. The van der Waals surface area contributed by atoms with Crippen LogP contribution in [0.1, 0.15) is 61.4 Å². The zero-order chi connectivity index (χ0) is 23.5.